The molecule has 0 fully saturated rings. The monoisotopic (exact) mass is 238 g/mol. The van der Waals surface area contributed by atoms with Crippen LogP contribution in [-0.4, -0.2) is 103 Å². The van der Waals surface area contributed by atoms with Crippen molar-refractivity contribution in [3.05, 3.63) is 0 Å². The van der Waals surface area contributed by atoms with Crippen LogP contribution in [0.4, 0.5) is 0 Å². The van der Waals surface area contributed by atoms with Gasteiger partial charge in [-0.1, -0.05) is 0 Å². The fraction of sp³-hybridized carbons (Fsp3) is 1.00. The van der Waals surface area contributed by atoms with Gasteiger partial charge in [0.1, 0.15) is 0 Å². The first-order chi connectivity index (χ1) is 5.29. The number of nitrogens with zero attached hydrogens (tertiary/aromatic N) is 2. The summed E-state index contributed by atoms with van der Waals surface area (Å²) in [6.07, 6.45) is 0. The molecule has 0 saturated carbocycles. The van der Waals surface area contributed by atoms with E-state index in [0.29, 0.717) is 0 Å². The molecule has 0 aromatic carbocycles. The molecule has 0 aliphatic carbocycles. The summed E-state index contributed by atoms with van der Waals surface area (Å²) >= 11 is 0. The Labute approximate surface area is 124 Å². The van der Waals surface area contributed by atoms with Crippen molar-refractivity contribution < 1.29 is 8.92 Å². The average molecular weight is 238 g/mol. The Morgan fingerprint density at radius 3 is 0.857 bits per heavy atom. The van der Waals surface area contributed by atoms with Crippen LogP contribution < -0.4 is 0 Å². The van der Waals surface area contributed by atoms with Crippen LogP contribution in [0.15, 0.2) is 0 Å². The van der Waals surface area contributed by atoms with Crippen LogP contribution in [0.2, 0.25) is 13.1 Å². The Morgan fingerprint density at radius 2 is 0.857 bits per heavy atom. The molecule has 0 spiro atoms. The van der Waals surface area contributed by atoms with Crippen LogP contribution in [0.1, 0.15) is 0 Å². The van der Waals surface area contributed by atoms with Crippen molar-refractivity contribution in [1.29, 1.82) is 0 Å². The van der Waals surface area contributed by atoms with Gasteiger partial charge in [0.25, 0.3) is 0 Å². The second-order valence-electron chi connectivity index (χ2n) is 2.83. The van der Waals surface area contributed by atoms with E-state index in [9.17, 15) is 8.92 Å². The molecule has 0 atom stereocenters. The number of rotatable bonds is 2. The van der Waals surface area contributed by atoms with Gasteiger partial charge in [-0.05, 0) is 41.3 Å². The van der Waals surface area contributed by atoms with E-state index < -0.39 is 17.7 Å². The van der Waals surface area contributed by atoms with Gasteiger partial charge in [-0.15, -0.1) is 0 Å². The zero-order valence-electron chi connectivity index (χ0n) is 8.71. The van der Waals surface area contributed by atoms with Crippen LogP contribution >= 0.6 is 0 Å². The molecule has 76 valence electrons. The minimum absolute atomic E-state index is 0. The quantitative estimate of drug-likeness (QED) is 0.572. The summed E-state index contributed by atoms with van der Waals surface area (Å²) in [5.74, 6) is 0. The van der Waals surface area contributed by atoms with Crippen molar-refractivity contribution in [2.45, 2.75) is 13.1 Å². The zero-order valence-corrected chi connectivity index (χ0v) is 10.7. The third kappa shape index (κ3) is 23.2. The topological polar surface area (TPSA) is 40.6 Å². The Hall–Kier alpha value is 1.23. The molecule has 0 radical (unpaired) electrons. The van der Waals surface area contributed by atoms with Crippen molar-refractivity contribution >= 4 is 66.1 Å². The molecule has 8 heteroatoms. The first kappa shape index (κ1) is 24.5. The van der Waals surface area contributed by atoms with Gasteiger partial charge in [0.2, 0.25) is 0 Å². The molecule has 0 aliphatic rings. The van der Waals surface area contributed by atoms with Gasteiger partial charge in [0, 0.05) is 0 Å². The zero-order chi connectivity index (χ0) is 10.3. The summed E-state index contributed by atoms with van der Waals surface area (Å²) in [5, 5.41) is 0. The van der Waals surface area contributed by atoms with Crippen molar-refractivity contribution in [1.82, 2.24) is 9.13 Å². The Balaban J connectivity index is -0.0000000625. The van der Waals surface area contributed by atoms with Gasteiger partial charge >= 0.3 is 66.1 Å². The first-order valence-corrected chi connectivity index (χ1v) is 7.36. The minimum atomic E-state index is -1.37. The van der Waals surface area contributed by atoms with E-state index >= 15 is 0 Å². The molecule has 0 rings (SSSR count). The molecule has 0 aliphatic heterocycles. The number of hydrogen-bond acceptors (Lipinski definition) is 2. The van der Waals surface area contributed by atoms with Gasteiger partial charge in [-0.3, -0.25) is 0 Å². The van der Waals surface area contributed by atoms with E-state index in [4.69, 9.17) is 0 Å². The van der Waals surface area contributed by atoms with E-state index in [1.807, 2.05) is 0 Å². The molecule has 14 heavy (non-hydrogen) atoms. The fourth-order valence-corrected chi connectivity index (χ4v) is 0. The molecule has 0 saturated heterocycles. The third-order valence-electron chi connectivity index (χ3n) is 1.26. The van der Waals surface area contributed by atoms with Gasteiger partial charge in [-0.2, -0.15) is 0 Å². The van der Waals surface area contributed by atoms with Crippen LogP contribution in [0.25, 0.3) is 0 Å². The fourth-order valence-electron chi connectivity index (χ4n) is 0. The molecule has 0 bridgehead atoms. The predicted molar refractivity (Wildman–Crippen MR) is 66.3 cm³/mol. The van der Waals surface area contributed by atoms with Crippen molar-refractivity contribution in [2.24, 2.45) is 0 Å². The van der Waals surface area contributed by atoms with Crippen LogP contribution in [0.5, 0.6) is 0 Å². The maximum absolute atomic E-state index is 10.3. The van der Waals surface area contributed by atoms with Gasteiger partial charge in [-0.25, -0.2) is 0 Å². The normalized spacial score (nSPS) is 6.71. The molecule has 0 unspecified atom stereocenters. The number of hydrogen-bond donors (Lipinski definition) is 0. The van der Waals surface area contributed by atoms with Crippen LogP contribution in [0, 0.1) is 0 Å². The second kappa shape index (κ2) is 14.2. The Morgan fingerprint density at radius 1 is 0.786 bits per heavy atom. The third-order valence-corrected chi connectivity index (χ3v) is 3.78. The maximum atomic E-state index is 10.3. The van der Waals surface area contributed by atoms with E-state index in [-0.39, 0.29) is 48.4 Å². The molecule has 0 aromatic heterocycles. The molecular weight excluding hydrogens is 218 g/mol. The molecule has 4 nitrogen and oxygen atoms in total. The summed E-state index contributed by atoms with van der Waals surface area (Å²) in [7, 11) is 4.49. The second-order valence-corrected chi connectivity index (χ2v) is 6.69. The molecular formula is C6H20LiN2NaO2Si2. The summed E-state index contributed by atoms with van der Waals surface area (Å²) < 4.78 is 23.9. The Bertz CT molecular complexity index is 152. The SMILES string of the molecule is CN(C)[Si](C)=O.CN(C)[Si](C)=O.[LiH].[NaH]. The van der Waals surface area contributed by atoms with Crippen LogP contribution in [0.3, 0.4) is 0 Å². The van der Waals surface area contributed by atoms with Gasteiger partial charge in [0.05, 0.1) is 0 Å². The molecule has 0 amide bonds. The van der Waals surface area contributed by atoms with E-state index in [2.05, 4.69) is 0 Å². The molecule has 0 N–H and O–H groups in total. The molecule has 0 heterocycles. The van der Waals surface area contributed by atoms with E-state index in [1.54, 1.807) is 50.4 Å². The summed E-state index contributed by atoms with van der Waals surface area (Å²) in [6.45, 7) is 3.43. The van der Waals surface area contributed by atoms with Crippen molar-refractivity contribution in [2.75, 3.05) is 28.2 Å². The Kier molecular flexibility index (Phi) is 24.9. The average Bonchev–Trinajstić information content (AvgIpc) is 1.88. The van der Waals surface area contributed by atoms with Gasteiger partial charge < -0.3 is 18.1 Å². The van der Waals surface area contributed by atoms with Crippen LogP contribution in [-0.2, 0) is 8.92 Å². The summed E-state index contributed by atoms with van der Waals surface area (Å²) in [4.78, 5) is 0. The molecule has 0 aromatic rings. The predicted octanol–water partition coefficient (Wildman–Crippen LogP) is -1.10. The van der Waals surface area contributed by atoms with Crippen molar-refractivity contribution in [3.63, 3.8) is 0 Å². The standard InChI is InChI=1S/2C3H9NOSi.Li.Na.2H/c2*1-4(2)6(3)5;;;;/h2*1-3H3;;;;. The first-order valence-electron chi connectivity index (χ1n) is 3.64. The van der Waals surface area contributed by atoms with Gasteiger partial charge in [0.15, 0.2) is 0 Å². The van der Waals surface area contributed by atoms with E-state index in [1.165, 1.54) is 0 Å². The van der Waals surface area contributed by atoms with Crippen molar-refractivity contribution in [3.8, 4) is 0 Å². The summed E-state index contributed by atoms with van der Waals surface area (Å²) in [5.41, 5.74) is 0. The van der Waals surface area contributed by atoms with E-state index in [0.717, 1.165) is 0 Å². The summed E-state index contributed by atoms with van der Waals surface area (Å²) in [6, 6.07) is 0.